The Kier molecular flexibility index (Phi) is 4.83. The van der Waals surface area contributed by atoms with E-state index in [4.69, 9.17) is 16.6 Å². The number of fused-ring (bicyclic) bond motifs is 1. The smallest absolute Gasteiger partial charge is 0.253 e. The SMILES string of the molecule is Cc1ccc(C(=O)N2CCCN(c3nc4ccc(Cl)cc4s3)CC2)cc1. The molecule has 1 saturated heterocycles. The number of carbonyl (C=O) groups is 1. The van der Waals surface area contributed by atoms with Crippen LogP contribution in [0.4, 0.5) is 5.13 Å². The molecule has 4 nitrogen and oxygen atoms in total. The van der Waals surface area contributed by atoms with Crippen molar-refractivity contribution in [2.45, 2.75) is 13.3 Å². The van der Waals surface area contributed by atoms with Gasteiger partial charge in [0.15, 0.2) is 5.13 Å². The number of aromatic nitrogens is 1. The van der Waals surface area contributed by atoms with Gasteiger partial charge in [-0.1, -0.05) is 40.6 Å². The molecule has 0 unspecified atom stereocenters. The number of rotatable bonds is 2. The van der Waals surface area contributed by atoms with Crippen molar-refractivity contribution in [1.82, 2.24) is 9.88 Å². The quantitative estimate of drug-likeness (QED) is 0.646. The molecule has 0 N–H and O–H groups in total. The lowest BCUT2D eigenvalue weighted by Crippen LogP contribution is -2.35. The van der Waals surface area contributed by atoms with Crippen LogP contribution in [0.15, 0.2) is 42.5 Å². The fraction of sp³-hybridized carbons (Fsp3) is 0.300. The van der Waals surface area contributed by atoms with Gasteiger partial charge in [0.05, 0.1) is 10.2 Å². The van der Waals surface area contributed by atoms with Crippen LogP contribution in [0.25, 0.3) is 10.2 Å². The maximum atomic E-state index is 12.8. The summed E-state index contributed by atoms with van der Waals surface area (Å²) in [6, 6.07) is 13.6. The Morgan fingerprint density at radius 2 is 1.88 bits per heavy atom. The van der Waals surface area contributed by atoms with E-state index in [0.717, 1.165) is 52.0 Å². The van der Waals surface area contributed by atoms with Crippen LogP contribution in [0.1, 0.15) is 22.3 Å². The minimum Gasteiger partial charge on any atom is -0.346 e. The summed E-state index contributed by atoms with van der Waals surface area (Å²) >= 11 is 7.74. The molecule has 1 aliphatic rings. The Morgan fingerprint density at radius 3 is 2.69 bits per heavy atom. The summed E-state index contributed by atoms with van der Waals surface area (Å²) in [5, 5.41) is 1.74. The molecule has 134 valence electrons. The third-order valence-electron chi connectivity index (χ3n) is 4.69. The van der Waals surface area contributed by atoms with Gasteiger partial charge in [0.2, 0.25) is 0 Å². The molecule has 1 aromatic heterocycles. The van der Waals surface area contributed by atoms with Gasteiger partial charge in [-0.3, -0.25) is 4.79 Å². The molecule has 0 bridgehead atoms. The van der Waals surface area contributed by atoms with E-state index < -0.39 is 0 Å². The lowest BCUT2D eigenvalue weighted by atomic mass is 10.1. The van der Waals surface area contributed by atoms with Crippen LogP contribution in [0.2, 0.25) is 5.02 Å². The number of thiazole rings is 1. The van der Waals surface area contributed by atoms with Crippen LogP contribution in [-0.4, -0.2) is 42.0 Å². The Balaban J connectivity index is 1.48. The number of aryl methyl sites for hydroxylation is 1. The number of nitrogens with zero attached hydrogens (tertiary/aromatic N) is 3. The van der Waals surface area contributed by atoms with Gasteiger partial charge in [0.25, 0.3) is 5.91 Å². The molecular weight excluding hydrogens is 366 g/mol. The number of hydrogen-bond donors (Lipinski definition) is 0. The van der Waals surface area contributed by atoms with Gasteiger partial charge in [-0.2, -0.15) is 0 Å². The highest BCUT2D eigenvalue weighted by atomic mass is 35.5. The molecule has 2 heterocycles. The zero-order chi connectivity index (χ0) is 18.1. The first-order chi connectivity index (χ1) is 12.6. The predicted molar refractivity (Wildman–Crippen MR) is 109 cm³/mol. The Labute approximate surface area is 162 Å². The fourth-order valence-electron chi connectivity index (χ4n) is 3.21. The summed E-state index contributed by atoms with van der Waals surface area (Å²) in [6.45, 7) is 5.23. The Morgan fingerprint density at radius 1 is 1.08 bits per heavy atom. The van der Waals surface area contributed by atoms with E-state index in [0.29, 0.717) is 6.54 Å². The third-order valence-corrected chi connectivity index (χ3v) is 6.01. The molecule has 0 aliphatic carbocycles. The van der Waals surface area contributed by atoms with Crippen molar-refractivity contribution in [1.29, 1.82) is 0 Å². The molecule has 2 aromatic carbocycles. The average Bonchev–Trinajstić information content (AvgIpc) is 2.89. The highest BCUT2D eigenvalue weighted by Crippen LogP contribution is 2.31. The average molecular weight is 386 g/mol. The maximum Gasteiger partial charge on any atom is 0.253 e. The van der Waals surface area contributed by atoms with E-state index in [1.54, 1.807) is 11.3 Å². The van der Waals surface area contributed by atoms with Gasteiger partial charge in [0.1, 0.15) is 0 Å². The Bertz CT molecular complexity index is 938. The number of halogens is 1. The highest BCUT2D eigenvalue weighted by Gasteiger charge is 2.22. The van der Waals surface area contributed by atoms with Crippen LogP contribution < -0.4 is 4.90 Å². The summed E-state index contributed by atoms with van der Waals surface area (Å²) < 4.78 is 1.10. The zero-order valence-electron chi connectivity index (χ0n) is 14.6. The van der Waals surface area contributed by atoms with Crippen molar-refractivity contribution >= 4 is 44.2 Å². The Hall–Kier alpha value is -2.11. The molecule has 4 rings (SSSR count). The second-order valence-electron chi connectivity index (χ2n) is 6.61. The van der Waals surface area contributed by atoms with Crippen LogP contribution in [0.3, 0.4) is 0 Å². The van der Waals surface area contributed by atoms with Crippen LogP contribution in [0, 0.1) is 6.92 Å². The minimum absolute atomic E-state index is 0.114. The zero-order valence-corrected chi connectivity index (χ0v) is 16.2. The number of carbonyl (C=O) groups excluding carboxylic acids is 1. The molecule has 0 radical (unpaired) electrons. The fourth-order valence-corrected chi connectivity index (χ4v) is 4.51. The molecule has 3 aromatic rings. The lowest BCUT2D eigenvalue weighted by Gasteiger charge is -2.21. The molecule has 0 saturated carbocycles. The standard InChI is InChI=1S/C20H20ClN3OS/c1-14-3-5-15(6-4-14)19(25)23-9-2-10-24(12-11-23)20-22-17-8-7-16(21)13-18(17)26-20/h3-8,13H,2,9-12H2,1H3. The molecule has 6 heteroatoms. The van der Waals surface area contributed by atoms with Crippen LogP contribution in [-0.2, 0) is 0 Å². The van der Waals surface area contributed by atoms with Crippen molar-refractivity contribution in [2.24, 2.45) is 0 Å². The topological polar surface area (TPSA) is 36.4 Å². The second-order valence-corrected chi connectivity index (χ2v) is 8.05. The van der Waals surface area contributed by atoms with E-state index in [2.05, 4.69) is 4.90 Å². The van der Waals surface area contributed by atoms with E-state index in [-0.39, 0.29) is 5.91 Å². The summed E-state index contributed by atoms with van der Waals surface area (Å²) in [5.41, 5.74) is 2.91. The number of hydrogen-bond acceptors (Lipinski definition) is 4. The van der Waals surface area contributed by atoms with Crippen molar-refractivity contribution < 1.29 is 4.79 Å². The van der Waals surface area contributed by atoms with Crippen molar-refractivity contribution in [3.63, 3.8) is 0 Å². The molecule has 1 fully saturated rings. The predicted octanol–water partition coefficient (Wildman–Crippen LogP) is 4.61. The second kappa shape index (κ2) is 7.25. The van der Waals surface area contributed by atoms with Gasteiger partial charge >= 0.3 is 0 Å². The lowest BCUT2D eigenvalue weighted by molar-refractivity contribution is 0.0767. The highest BCUT2D eigenvalue weighted by molar-refractivity contribution is 7.22. The summed E-state index contributed by atoms with van der Waals surface area (Å²) in [7, 11) is 0. The van der Waals surface area contributed by atoms with E-state index >= 15 is 0 Å². The van der Waals surface area contributed by atoms with Gasteiger partial charge < -0.3 is 9.80 Å². The molecular formula is C20H20ClN3OS. The maximum absolute atomic E-state index is 12.8. The molecule has 1 aliphatic heterocycles. The monoisotopic (exact) mass is 385 g/mol. The van der Waals surface area contributed by atoms with Gasteiger partial charge in [-0.25, -0.2) is 4.98 Å². The van der Waals surface area contributed by atoms with Crippen LogP contribution >= 0.6 is 22.9 Å². The van der Waals surface area contributed by atoms with Crippen molar-refractivity contribution in [3.8, 4) is 0 Å². The van der Waals surface area contributed by atoms with Crippen molar-refractivity contribution in [2.75, 3.05) is 31.1 Å². The van der Waals surface area contributed by atoms with Gasteiger partial charge in [-0.15, -0.1) is 0 Å². The number of amides is 1. The van der Waals surface area contributed by atoms with Gasteiger partial charge in [0, 0.05) is 36.8 Å². The van der Waals surface area contributed by atoms with Crippen molar-refractivity contribution in [3.05, 3.63) is 58.6 Å². The first-order valence-electron chi connectivity index (χ1n) is 8.77. The first-order valence-corrected chi connectivity index (χ1v) is 9.96. The molecule has 1 amide bonds. The number of benzene rings is 2. The molecule has 26 heavy (non-hydrogen) atoms. The molecule has 0 atom stereocenters. The summed E-state index contributed by atoms with van der Waals surface area (Å²) in [5.74, 6) is 0.114. The van der Waals surface area contributed by atoms with E-state index in [1.165, 1.54) is 5.56 Å². The van der Waals surface area contributed by atoms with Gasteiger partial charge in [-0.05, 0) is 43.7 Å². The summed E-state index contributed by atoms with van der Waals surface area (Å²) in [6.07, 6.45) is 0.939. The van der Waals surface area contributed by atoms with E-state index in [9.17, 15) is 4.79 Å². The number of anilines is 1. The normalized spacial score (nSPS) is 15.3. The van der Waals surface area contributed by atoms with Crippen LogP contribution in [0.5, 0.6) is 0 Å². The molecule has 0 spiro atoms. The van der Waals surface area contributed by atoms with E-state index in [1.807, 2.05) is 54.3 Å². The third kappa shape index (κ3) is 3.55. The first kappa shape index (κ1) is 17.3. The summed E-state index contributed by atoms with van der Waals surface area (Å²) in [4.78, 5) is 21.7. The minimum atomic E-state index is 0.114. The largest absolute Gasteiger partial charge is 0.346 e.